The van der Waals surface area contributed by atoms with Crippen molar-refractivity contribution >= 4 is 27.6 Å². The van der Waals surface area contributed by atoms with Crippen molar-refractivity contribution in [3.05, 3.63) is 28.2 Å². The molecule has 0 aromatic heterocycles. The Morgan fingerprint density at radius 3 is 2.67 bits per heavy atom. The molecule has 0 saturated heterocycles. The smallest absolute Gasteiger partial charge is 0.308 e. The van der Waals surface area contributed by atoms with E-state index in [0.29, 0.717) is 17.0 Å². The van der Waals surface area contributed by atoms with Crippen molar-refractivity contribution in [3.8, 4) is 5.75 Å². The first-order valence-electron chi connectivity index (χ1n) is 4.21. The number of rotatable bonds is 2. The molecular weight excluding hydrogens is 262 g/mol. The van der Waals surface area contributed by atoms with Crippen LogP contribution in [0.1, 0.15) is 19.4 Å². The van der Waals surface area contributed by atoms with E-state index in [2.05, 4.69) is 21.1 Å². The quantitative estimate of drug-likeness (QED) is 0.296. The lowest BCUT2D eigenvalue weighted by molar-refractivity contribution is -0.131. The molecule has 4 nitrogen and oxygen atoms in total. The molecule has 0 unspecified atom stereocenters. The highest BCUT2D eigenvalue weighted by molar-refractivity contribution is 9.10. The molecule has 0 amide bonds. The van der Waals surface area contributed by atoms with Gasteiger partial charge in [0.2, 0.25) is 0 Å². The standard InChI is InChI=1S/C10H10BrNO3/c1-6(12-14)9-4-3-8(11)5-10(9)15-7(2)13/h3-5,14H,1-2H3. The van der Waals surface area contributed by atoms with Crippen LogP contribution in [0.25, 0.3) is 0 Å². The maximum Gasteiger partial charge on any atom is 0.308 e. The third-order valence-electron chi connectivity index (χ3n) is 1.74. The number of hydrogen-bond donors (Lipinski definition) is 1. The van der Waals surface area contributed by atoms with Crippen LogP contribution in [0.3, 0.4) is 0 Å². The van der Waals surface area contributed by atoms with Gasteiger partial charge in [-0.1, -0.05) is 21.1 Å². The maximum absolute atomic E-state index is 10.8. The second-order valence-electron chi connectivity index (χ2n) is 2.92. The summed E-state index contributed by atoms with van der Waals surface area (Å²) in [7, 11) is 0. The van der Waals surface area contributed by atoms with E-state index < -0.39 is 5.97 Å². The number of nitrogens with zero attached hydrogens (tertiary/aromatic N) is 1. The third kappa shape index (κ3) is 3.06. The van der Waals surface area contributed by atoms with E-state index in [1.165, 1.54) is 6.92 Å². The van der Waals surface area contributed by atoms with Gasteiger partial charge in [-0.3, -0.25) is 4.79 Å². The summed E-state index contributed by atoms with van der Waals surface area (Å²) in [5, 5.41) is 11.7. The molecule has 0 aliphatic carbocycles. The molecule has 0 aliphatic rings. The first-order chi connectivity index (χ1) is 7.04. The molecule has 0 heterocycles. The molecule has 0 bridgehead atoms. The molecule has 1 aromatic rings. The molecule has 0 spiro atoms. The van der Waals surface area contributed by atoms with Gasteiger partial charge in [0.1, 0.15) is 5.75 Å². The first-order valence-corrected chi connectivity index (χ1v) is 5.01. The summed E-state index contributed by atoms with van der Waals surface area (Å²) < 4.78 is 5.77. The molecule has 0 saturated carbocycles. The largest absolute Gasteiger partial charge is 0.426 e. The van der Waals surface area contributed by atoms with Gasteiger partial charge in [-0.25, -0.2) is 0 Å². The van der Waals surface area contributed by atoms with Crippen molar-refractivity contribution in [3.63, 3.8) is 0 Å². The molecule has 80 valence electrons. The molecular formula is C10H10BrNO3. The number of ether oxygens (including phenoxy) is 1. The van der Waals surface area contributed by atoms with Crippen molar-refractivity contribution in [1.29, 1.82) is 0 Å². The fourth-order valence-electron chi connectivity index (χ4n) is 1.09. The normalized spacial score (nSPS) is 11.3. The van der Waals surface area contributed by atoms with E-state index in [1.54, 1.807) is 25.1 Å². The van der Waals surface area contributed by atoms with E-state index in [9.17, 15) is 4.79 Å². The molecule has 5 heteroatoms. The van der Waals surface area contributed by atoms with Crippen LogP contribution in [0.5, 0.6) is 5.75 Å². The summed E-state index contributed by atoms with van der Waals surface area (Å²) in [4.78, 5) is 10.8. The SMILES string of the molecule is CC(=O)Oc1cc(Br)ccc1C(C)=NO. The highest BCUT2D eigenvalue weighted by Crippen LogP contribution is 2.24. The van der Waals surface area contributed by atoms with Gasteiger partial charge in [0, 0.05) is 17.0 Å². The Morgan fingerprint density at radius 1 is 1.47 bits per heavy atom. The topological polar surface area (TPSA) is 58.9 Å². The predicted molar refractivity (Wildman–Crippen MR) is 59.4 cm³/mol. The summed E-state index contributed by atoms with van der Waals surface area (Å²) >= 11 is 3.26. The van der Waals surface area contributed by atoms with Crippen LogP contribution in [-0.2, 0) is 4.79 Å². The van der Waals surface area contributed by atoms with Gasteiger partial charge >= 0.3 is 5.97 Å². The minimum atomic E-state index is -0.417. The number of halogens is 1. The molecule has 0 radical (unpaired) electrons. The van der Waals surface area contributed by atoms with Crippen LogP contribution < -0.4 is 4.74 Å². The van der Waals surface area contributed by atoms with Crippen LogP contribution >= 0.6 is 15.9 Å². The molecule has 1 rings (SSSR count). The minimum absolute atomic E-state index is 0.368. The van der Waals surface area contributed by atoms with Crippen molar-refractivity contribution < 1.29 is 14.7 Å². The summed E-state index contributed by atoms with van der Waals surface area (Å²) in [5.74, 6) is -0.0488. The molecule has 0 aliphatic heterocycles. The molecule has 1 N–H and O–H groups in total. The number of hydrogen-bond acceptors (Lipinski definition) is 4. The predicted octanol–water partition coefficient (Wildman–Crippen LogP) is 2.57. The zero-order valence-corrected chi connectivity index (χ0v) is 9.91. The Bertz CT molecular complexity index is 415. The van der Waals surface area contributed by atoms with E-state index in [-0.39, 0.29) is 0 Å². The van der Waals surface area contributed by atoms with Gasteiger partial charge in [0.25, 0.3) is 0 Å². The van der Waals surface area contributed by atoms with E-state index in [1.807, 2.05) is 0 Å². The lowest BCUT2D eigenvalue weighted by Crippen LogP contribution is -2.06. The van der Waals surface area contributed by atoms with Crippen LogP contribution in [0, 0.1) is 0 Å². The van der Waals surface area contributed by atoms with Crippen LogP contribution in [-0.4, -0.2) is 16.9 Å². The average molecular weight is 272 g/mol. The summed E-state index contributed by atoms with van der Waals surface area (Å²) in [5.41, 5.74) is 0.967. The minimum Gasteiger partial charge on any atom is -0.426 e. The van der Waals surface area contributed by atoms with Crippen molar-refractivity contribution in [2.24, 2.45) is 5.16 Å². The highest BCUT2D eigenvalue weighted by Gasteiger charge is 2.09. The van der Waals surface area contributed by atoms with Crippen LogP contribution in [0.15, 0.2) is 27.8 Å². The van der Waals surface area contributed by atoms with Crippen LogP contribution in [0.4, 0.5) is 0 Å². The Morgan fingerprint density at radius 2 is 2.13 bits per heavy atom. The maximum atomic E-state index is 10.8. The number of carbonyl (C=O) groups is 1. The average Bonchev–Trinajstić information content (AvgIpc) is 2.16. The lowest BCUT2D eigenvalue weighted by atomic mass is 10.1. The monoisotopic (exact) mass is 271 g/mol. The van der Waals surface area contributed by atoms with Gasteiger partial charge in [0.15, 0.2) is 0 Å². The zero-order chi connectivity index (χ0) is 11.4. The summed E-state index contributed by atoms with van der Waals surface area (Å²) in [6.45, 7) is 2.94. The van der Waals surface area contributed by atoms with Crippen molar-refractivity contribution in [2.75, 3.05) is 0 Å². The molecule has 15 heavy (non-hydrogen) atoms. The fourth-order valence-corrected chi connectivity index (χ4v) is 1.43. The molecule has 0 fully saturated rings. The summed E-state index contributed by atoms with van der Waals surface area (Å²) in [6.07, 6.45) is 0. The lowest BCUT2D eigenvalue weighted by Gasteiger charge is -2.07. The highest BCUT2D eigenvalue weighted by atomic mass is 79.9. The van der Waals surface area contributed by atoms with Crippen molar-refractivity contribution in [1.82, 2.24) is 0 Å². The van der Waals surface area contributed by atoms with E-state index in [0.717, 1.165) is 4.47 Å². The number of oxime groups is 1. The van der Waals surface area contributed by atoms with Gasteiger partial charge in [0.05, 0.1) is 5.71 Å². The Labute approximate surface area is 95.7 Å². The van der Waals surface area contributed by atoms with Crippen LogP contribution in [0.2, 0.25) is 0 Å². The van der Waals surface area contributed by atoms with Gasteiger partial charge < -0.3 is 9.94 Å². The zero-order valence-electron chi connectivity index (χ0n) is 8.32. The molecule has 0 atom stereocenters. The number of benzene rings is 1. The third-order valence-corrected chi connectivity index (χ3v) is 2.23. The number of carbonyl (C=O) groups excluding carboxylic acids is 1. The molecule has 1 aromatic carbocycles. The van der Waals surface area contributed by atoms with Crippen molar-refractivity contribution in [2.45, 2.75) is 13.8 Å². The Kier molecular flexibility index (Phi) is 3.85. The van der Waals surface area contributed by atoms with Gasteiger partial charge in [-0.15, -0.1) is 0 Å². The second-order valence-corrected chi connectivity index (χ2v) is 3.84. The fraction of sp³-hybridized carbons (Fsp3) is 0.200. The van der Waals surface area contributed by atoms with E-state index >= 15 is 0 Å². The van der Waals surface area contributed by atoms with Gasteiger partial charge in [-0.2, -0.15) is 0 Å². The Balaban J connectivity index is 3.20. The van der Waals surface area contributed by atoms with E-state index in [4.69, 9.17) is 9.94 Å². The summed E-state index contributed by atoms with van der Waals surface area (Å²) in [6, 6.07) is 5.12. The Hall–Kier alpha value is -1.36. The first kappa shape index (κ1) is 11.7. The number of esters is 1. The van der Waals surface area contributed by atoms with Gasteiger partial charge in [-0.05, 0) is 25.1 Å². The second kappa shape index (κ2) is 4.93.